The molecule has 0 aliphatic carbocycles. The number of carbonyl (C=O) groups excluding carboxylic acids is 1. The number of rotatable bonds is 6. The average Bonchev–Trinajstić information content (AvgIpc) is 2.58. The molecule has 0 spiro atoms. The van der Waals surface area contributed by atoms with E-state index in [0.29, 0.717) is 5.75 Å². The smallest absolute Gasteiger partial charge is 0.480 e. The summed E-state index contributed by atoms with van der Waals surface area (Å²) in [5.74, 6) is -3.18. The number of carbonyl (C=O) groups is 3. The van der Waals surface area contributed by atoms with E-state index in [1.165, 1.54) is 0 Å². The number of carboxylic acid groups (broad SMARTS) is 2. The molecule has 1 aromatic rings. The molecule has 0 aromatic heterocycles. The predicted octanol–water partition coefficient (Wildman–Crippen LogP) is 3.49. The summed E-state index contributed by atoms with van der Waals surface area (Å²) in [6.07, 6.45) is -6.04. The number of nitrogens with two attached hydrogens (primary N) is 1. The molecule has 0 aliphatic heterocycles. The van der Waals surface area contributed by atoms with Crippen molar-refractivity contribution in [3.63, 3.8) is 0 Å². The fourth-order valence-corrected chi connectivity index (χ4v) is 1.94. The minimum absolute atomic E-state index is 0.169. The summed E-state index contributed by atoms with van der Waals surface area (Å²) in [5.41, 5.74) is 7.07. The molecule has 0 unspecified atom stereocenters. The van der Waals surface area contributed by atoms with Gasteiger partial charge >= 0.3 is 24.3 Å². The van der Waals surface area contributed by atoms with E-state index in [4.69, 9.17) is 30.2 Å². The molecule has 0 radical (unpaired) electrons. The van der Waals surface area contributed by atoms with E-state index in [-0.39, 0.29) is 11.8 Å². The average molecular weight is 423 g/mol. The fraction of sp³-hybridized carbons (Fsp3) is 0.500. The third-order valence-electron chi connectivity index (χ3n) is 3.45. The first-order valence-corrected chi connectivity index (χ1v) is 8.44. The second-order valence-electron chi connectivity index (χ2n) is 6.49. The molecule has 0 aliphatic rings. The first kappa shape index (κ1) is 26.2. The van der Waals surface area contributed by atoms with E-state index in [1.54, 1.807) is 0 Å². The van der Waals surface area contributed by atoms with Crippen molar-refractivity contribution in [1.29, 1.82) is 0 Å². The van der Waals surface area contributed by atoms with Gasteiger partial charge in [-0.1, -0.05) is 45.9 Å². The SMILES string of the molecule is CC(C)c1cccc(C(C)C)c1OC(=O)OC[C@H](N)C(=O)O.O=C(O)C(F)(F)F. The highest BCUT2D eigenvalue weighted by molar-refractivity contribution is 5.74. The monoisotopic (exact) mass is 423 g/mol. The molecule has 164 valence electrons. The highest BCUT2D eigenvalue weighted by atomic mass is 19.4. The van der Waals surface area contributed by atoms with Gasteiger partial charge in [-0.15, -0.1) is 0 Å². The highest BCUT2D eigenvalue weighted by Crippen LogP contribution is 2.34. The molecule has 11 heteroatoms. The van der Waals surface area contributed by atoms with E-state index in [0.717, 1.165) is 11.1 Å². The first-order chi connectivity index (χ1) is 13.2. The standard InChI is InChI=1S/C16H23NO5.C2HF3O2/c1-9(2)11-6-5-7-12(10(3)4)14(11)22-16(20)21-8-13(17)15(18)19;3-2(4,5)1(6)7/h5-7,9-10,13H,8,17H2,1-4H3,(H,18,19);(H,6,7)/t13-;/m0./s1. The summed E-state index contributed by atoms with van der Waals surface area (Å²) in [6, 6.07) is 4.44. The molecule has 0 saturated heterocycles. The van der Waals surface area contributed by atoms with Gasteiger partial charge in [-0.2, -0.15) is 13.2 Å². The lowest BCUT2D eigenvalue weighted by Crippen LogP contribution is -2.36. The maximum Gasteiger partial charge on any atom is 0.513 e. The van der Waals surface area contributed by atoms with Gasteiger partial charge in [0.15, 0.2) is 0 Å². The Morgan fingerprint density at radius 2 is 1.45 bits per heavy atom. The lowest BCUT2D eigenvalue weighted by atomic mass is 9.94. The third-order valence-corrected chi connectivity index (χ3v) is 3.45. The van der Waals surface area contributed by atoms with Crippen LogP contribution in [-0.2, 0) is 14.3 Å². The number of ether oxygens (including phenoxy) is 2. The number of alkyl halides is 3. The number of carboxylic acids is 2. The maximum atomic E-state index is 11.8. The fourth-order valence-electron chi connectivity index (χ4n) is 1.94. The van der Waals surface area contributed by atoms with Crippen LogP contribution >= 0.6 is 0 Å². The molecule has 4 N–H and O–H groups in total. The Labute approximate surface area is 165 Å². The minimum Gasteiger partial charge on any atom is -0.480 e. The number of hydrogen-bond acceptors (Lipinski definition) is 6. The second kappa shape index (κ2) is 11.2. The molecule has 0 saturated carbocycles. The molecule has 29 heavy (non-hydrogen) atoms. The van der Waals surface area contributed by atoms with Crippen molar-refractivity contribution in [1.82, 2.24) is 0 Å². The van der Waals surface area contributed by atoms with Crippen molar-refractivity contribution < 1.29 is 47.2 Å². The summed E-state index contributed by atoms with van der Waals surface area (Å²) in [5, 5.41) is 15.8. The zero-order valence-electron chi connectivity index (χ0n) is 16.3. The quantitative estimate of drug-likeness (QED) is 0.467. The van der Waals surface area contributed by atoms with Gasteiger partial charge in [0.1, 0.15) is 18.4 Å². The van der Waals surface area contributed by atoms with Crippen LogP contribution < -0.4 is 10.5 Å². The summed E-state index contributed by atoms with van der Waals surface area (Å²) in [7, 11) is 0. The molecule has 8 nitrogen and oxygen atoms in total. The van der Waals surface area contributed by atoms with Crippen molar-refractivity contribution >= 4 is 18.1 Å². The maximum absolute atomic E-state index is 11.8. The van der Waals surface area contributed by atoms with Crippen molar-refractivity contribution in [3.05, 3.63) is 29.3 Å². The number of para-hydroxylation sites is 1. The van der Waals surface area contributed by atoms with Gasteiger partial charge in [0.05, 0.1) is 0 Å². The zero-order valence-corrected chi connectivity index (χ0v) is 16.3. The summed E-state index contributed by atoms with van der Waals surface area (Å²) >= 11 is 0. The van der Waals surface area contributed by atoms with E-state index in [9.17, 15) is 22.8 Å². The second-order valence-corrected chi connectivity index (χ2v) is 6.49. The summed E-state index contributed by atoms with van der Waals surface area (Å²) in [4.78, 5) is 31.3. The van der Waals surface area contributed by atoms with Crippen LogP contribution in [0.15, 0.2) is 18.2 Å². The summed E-state index contributed by atoms with van der Waals surface area (Å²) in [6.45, 7) is 7.56. The molecule has 0 bridgehead atoms. The molecule has 0 fully saturated rings. The highest BCUT2D eigenvalue weighted by Gasteiger charge is 2.38. The normalized spacial score (nSPS) is 12.1. The van der Waals surface area contributed by atoms with Gasteiger partial charge in [-0.3, -0.25) is 4.79 Å². The lowest BCUT2D eigenvalue weighted by Gasteiger charge is -2.18. The van der Waals surface area contributed by atoms with Crippen LogP contribution in [0.25, 0.3) is 0 Å². The molecular weight excluding hydrogens is 399 g/mol. The predicted molar refractivity (Wildman–Crippen MR) is 95.9 cm³/mol. The summed E-state index contributed by atoms with van der Waals surface area (Å²) < 4.78 is 41.8. The number of aliphatic carboxylic acids is 2. The van der Waals surface area contributed by atoms with Gasteiger partial charge in [0, 0.05) is 0 Å². The van der Waals surface area contributed by atoms with Gasteiger partial charge in [0.2, 0.25) is 0 Å². The molecular formula is C18H24F3NO7. The van der Waals surface area contributed by atoms with Crippen LogP contribution in [0.4, 0.5) is 18.0 Å². The van der Waals surface area contributed by atoms with E-state index < -0.39 is 36.9 Å². The Kier molecular flexibility index (Phi) is 10.2. The van der Waals surface area contributed by atoms with Gasteiger partial charge in [0.25, 0.3) is 0 Å². The van der Waals surface area contributed by atoms with Crippen molar-refractivity contribution in [2.24, 2.45) is 5.73 Å². The van der Waals surface area contributed by atoms with Crippen molar-refractivity contribution in [3.8, 4) is 5.75 Å². The Morgan fingerprint density at radius 3 is 1.76 bits per heavy atom. The van der Waals surface area contributed by atoms with Crippen LogP contribution in [-0.4, -0.2) is 47.1 Å². The third kappa shape index (κ3) is 9.28. The van der Waals surface area contributed by atoms with E-state index >= 15 is 0 Å². The number of benzene rings is 1. The van der Waals surface area contributed by atoms with Gasteiger partial charge in [-0.25, -0.2) is 9.59 Å². The Hall–Kier alpha value is -2.82. The van der Waals surface area contributed by atoms with Crippen LogP contribution in [0.3, 0.4) is 0 Å². The minimum atomic E-state index is -5.08. The molecule has 1 rings (SSSR count). The number of hydrogen-bond donors (Lipinski definition) is 3. The topological polar surface area (TPSA) is 136 Å². The largest absolute Gasteiger partial charge is 0.513 e. The molecule has 1 atom stereocenters. The lowest BCUT2D eigenvalue weighted by molar-refractivity contribution is -0.192. The van der Waals surface area contributed by atoms with Crippen LogP contribution in [0.2, 0.25) is 0 Å². The van der Waals surface area contributed by atoms with Gasteiger partial charge < -0.3 is 25.4 Å². The van der Waals surface area contributed by atoms with E-state index in [1.807, 2.05) is 45.9 Å². The van der Waals surface area contributed by atoms with Crippen molar-refractivity contribution in [2.45, 2.75) is 51.7 Å². The number of halogens is 3. The Bertz CT molecular complexity index is 692. The molecule has 0 amide bonds. The van der Waals surface area contributed by atoms with Crippen LogP contribution in [0.1, 0.15) is 50.7 Å². The molecule has 0 heterocycles. The zero-order chi connectivity index (χ0) is 22.9. The first-order valence-electron chi connectivity index (χ1n) is 8.44. The van der Waals surface area contributed by atoms with Gasteiger partial charge in [-0.05, 0) is 23.0 Å². The molecule has 1 aromatic carbocycles. The van der Waals surface area contributed by atoms with Crippen LogP contribution in [0, 0.1) is 0 Å². The van der Waals surface area contributed by atoms with E-state index in [2.05, 4.69) is 0 Å². The Morgan fingerprint density at radius 1 is 1.03 bits per heavy atom. The Balaban J connectivity index is 0.000000956. The van der Waals surface area contributed by atoms with Crippen LogP contribution in [0.5, 0.6) is 5.75 Å². The van der Waals surface area contributed by atoms with Crippen molar-refractivity contribution in [2.75, 3.05) is 6.61 Å².